The highest BCUT2D eigenvalue weighted by Crippen LogP contribution is 2.19. The SMILES string of the molecule is Cc1noc(C)c1CCNc1nnc(Cc2ccc(F)cc2)s1. The van der Waals surface area contributed by atoms with Crippen molar-refractivity contribution in [2.75, 3.05) is 11.9 Å². The van der Waals surface area contributed by atoms with Gasteiger partial charge in [0.05, 0.1) is 5.69 Å². The fourth-order valence-corrected chi connectivity index (χ4v) is 3.13. The van der Waals surface area contributed by atoms with Gasteiger partial charge in [0.2, 0.25) is 5.13 Å². The number of halogens is 1. The van der Waals surface area contributed by atoms with Crippen molar-refractivity contribution in [3.05, 3.63) is 57.7 Å². The van der Waals surface area contributed by atoms with Gasteiger partial charge in [-0.25, -0.2) is 4.39 Å². The molecule has 0 amide bonds. The maximum atomic E-state index is 12.9. The minimum absolute atomic E-state index is 0.229. The summed E-state index contributed by atoms with van der Waals surface area (Å²) >= 11 is 1.51. The standard InChI is InChI=1S/C16H17FN4OS/c1-10-14(11(2)22-21-10)7-8-18-16-20-19-15(23-16)9-12-3-5-13(17)6-4-12/h3-6H,7-9H2,1-2H3,(H,18,20). The molecule has 1 aromatic carbocycles. The topological polar surface area (TPSA) is 63.8 Å². The molecule has 5 nitrogen and oxygen atoms in total. The second-order valence-corrected chi connectivity index (χ2v) is 6.35. The van der Waals surface area contributed by atoms with E-state index in [9.17, 15) is 4.39 Å². The maximum absolute atomic E-state index is 12.9. The van der Waals surface area contributed by atoms with E-state index < -0.39 is 0 Å². The fraction of sp³-hybridized carbons (Fsp3) is 0.312. The van der Waals surface area contributed by atoms with Crippen LogP contribution in [0.5, 0.6) is 0 Å². The van der Waals surface area contributed by atoms with Crippen molar-refractivity contribution in [2.24, 2.45) is 0 Å². The molecule has 1 N–H and O–H groups in total. The Morgan fingerprint density at radius 2 is 1.96 bits per heavy atom. The lowest BCUT2D eigenvalue weighted by atomic mass is 10.1. The highest BCUT2D eigenvalue weighted by atomic mass is 32.1. The van der Waals surface area contributed by atoms with E-state index in [2.05, 4.69) is 20.7 Å². The summed E-state index contributed by atoms with van der Waals surface area (Å²) in [5, 5.41) is 17.2. The molecular formula is C16H17FN4OS. The third-order valence-electron chi connectivity index (χ3n) is 3.57. The Balaban J connectivity index is 1.54. The van der Waals surface area contributed by atoms with Crippen LogP contribution in [0.25, 0.3) is 0 Å². The molecule has 120 valence electrons. The van der Waals surface area contributed by atoms with Gasteiger partial charge in [0.25, 0.3) is 0 Å². The van der Waals surface area contributed by atoms with E-state index in [0.717, 1.165) is 45.7 Å². The molecule has 0 aliphatic carbocycles. The second-order valence-electron chi connectivity index (χ2n) is 5.28. The van der Waals surface area contributed by atoms with Gasteiger partial charge < -0.3 is 9.84 Å². The van der Waals surface area contributed by atoms with Crippen molar-refractivity contribution in [3.8, 4) is 0 Å². The van der Waals surface area contributed by atoms with Crippen LogP contribution < -0.4 is 5.32 Å². The van der Waals surface area contributed by atoms with Gasteiger partial charge in [0.1, 0.15) is 16.6 Å². The summed E-state index contributed by atoms with van der Waals surface area (Å²) < 4.78 is 18.0. The van der Waals surface area contributed by atoms with E-state index in [4.69, 9.17) is 4.52 Å². The van der Waals surface area contributed by atoms with Gasteiger partial charge in [0.15, 0.2) is 0 Å². The van der Waals surface area contributed by atoms with Crippen molar-refractivity contribution < 1.29 is 8.91 Å². The third kappa shape index (κ3) is 3.92. The van der Waals surface area contributed by atoms with Gasteiger partial charge in [-0.1, -0.05) is 28.6 Å². The van der Waals surface area contributed by atoms with Gasteiger partial charge in [-0.3, -0.25) is 0 Å². The Morgan fingerprint density at radius 3 is 2.65 bits per heavy atom. The number of nitrogens with one attached hydrogen (secondary N) is 1. The fourth-order valence-electron chi connectivity index (χ4n) is 2.33. The number of benzene rings is 1. The Kier molecular flexibility index (Phi) is 4.66. The van der Waals surface area contributed by atoms with Crippen LogP contribution in [-0.4, -0.2) is 21.9 Å². The van der Waals surface area contributed by atoms with Crippen molar-refractivity contribution in [3.63, 3.8) is 0 Å². The summed E-state index contributed by atoms with van der Waals surface area (Å²) in [7, 11) is 0. The van der Waals surface area contributed by atoms with E-state index in [1.807, 2.05) is 13.8 Å². The Morgan fingerprint density at radius 1 is 1.17 bits per heavy atom. The molecule has 2 heterocycles. The monoisotopic (exact) mass is 332 g/mol. The summed E-state index contributed by atoms with van der Waals surface area (Å²) in [6, 6.07) is 6.45. The molecule has 0 aliphatic rings. The van der Waals surface area contributed by atoms with Crippen molar-refractivity contribution in [2.45, 2.75) is 26.7 Å². The van der Waals surface area contributed by atoms with Gasteiger partial charge in [0, 0.05) is 18.5 Å². The van der Waals surface area contributed by atoms with Crippen molar-refractivity contribution in [1.29, 1.82) is 0 Å². The number of nitrogens with zero attached hydrogens (tertiary/aromatic N) is 3. The third-order valence-corrected chi connectivity index (χ3v) is 4.45. The molecule has 0 bridgehead atoms. The Labute approximate surface area is 137 Å². The molecule has 0 radical (unpaired) electrons. The van der Waals surface area contributed by atoms with Crippen molar-refractivity contribution in [1.82, 2.24) is 15.4 Å². The minimum atomic E-state index is -0.229. The van der Waals surface area contributed by atoms with E-state index >= 15 is 0 Å². The van der Waals surface area contributed by atoms with Crippen LogP contribution in [0.3, 0.4) is 0 Å². The molecular weight excluding hydrogens is 315 g/mol. The molecule has 3 rings (SSSR count). The normalized spacial score (nSPS) is 10.9. The van der Waals surface area contributed by atoms with E-state index in [-0.39, 0.29) is 5.82 Å². The quantitative estimate of drug-likeness (QED) is 0.748. The van der Waals surface area contributed by atoms with Gasteiger partial charge in [-0.15, -0.1) is 10.2 Å². The zero-order chi connectivity index (χ0) is 16.2. The summed E-state index contributed by atoms with van der Waals surface area (Å²) in [5.74, 6) is 0.631. The van der Waals surface area contributed by atoms with Crippen LogP contribution in [0.4, 0.5) is 9.52 Å². The highest BCUT2D eigenvalue weighted by molar-refractivity contribution is 7.15. The summed E-state index contributed by atoms with van der Waals surface area (Å²) in [4.78, 5) is 0. The van der Waals surface area contributed by atoms with E-state index in [0.29, 0.717) is 6.42 Å². The first-order valence-corrected chi connectivity index (χ1v) is 8.16. The number of hydrogen-bond donors (Lipinski definition) is 1. The first-order valence-electron chi connectivity index (χ1n) is 7.34. The van der Waals surface area contributed by atoms with Gasteiger partial charge in [-0.05, 0) is 38.0 Å². The van der Waals surface area contributed by atoms with Crippen LogP contribution in [0, 0.1) is 19.7 Å². The van der Waals surface area contributed by atoms with Gasteiger partial charge in [-0.2, -0.15) is 0 Å². The average molecular weight is 332 g/mol. The Hall–Kier alpha value is -2.28. The van der Waals surface area contributed by atoms with Crippen LogP contribution in [0.2, 0.25) is 0 Å². The van der Waals surface area contributed by atoms with Gasteiger partial charge >= 0.3 is 0 Å². The van der Waals surface area contributed by atoms with Crippen LogP contribution in [0.1, 0.15) is 27.6 Å². The molecule has 0 saturated carbocycles. The van der Waals surface area contributed by atoms with Crippen LogP contribution in [-0.2, 0) is 12.8 Å². The number of rotatable bonds is 6. The molecule has 23 heavy (non-hydrogen) atoms. The predicted octanol–water partition coefficient (Wildman–Crippen LogP) is 3.53. The second kappa shape index (κ2) is 6.87. The van der Waals surface area contributed by atoms with E-state index in [1.54, 1.807) is 12.1 Å². The molecule has 0 aliphatic heterocycles. The molecule has 0 atom stereocenters. The van der Waals surface area contributed by atoms with Crippen molar-refractivity contribution >= 4 is 16.5 Å². The van der Waals surface area contributed by atoms with Crippen LogP contribution in [0.15, 0.2) is 28.8 Å². The molecule has 2 aromatic heterocycles. The predicted molar refractivity (Wildman–Crippen MR) is 87.3 cm³/mol. The lowest BCUT2D eigenvalue weighted by molar-refractivity contribution is 0.392. The first-order chi connectivity index (χ1) is 11.1. The largest absolute Gasteiger partial charge is 0.361 e. The molecule has 0 saturated heterocycles. The zero-order valence-electron chi connectivity index (χ0n) is 13.0. The number of anilines is 1. The van der Waals surface area contributed by atoms with Crippen LogP contribution >= 0.6 is 11.3 Å². The number of hydrogen-bond acceptors (Lipinski definition) is 6. The molecule has 0 fully saturated rings. The maximum Gasteiger partial charge on any atom is 0.205 e. The highest BCUT2D eigenvalue weighted by Gasteiger charge is 2.09. The lowest BCUT2D eigenvalue weighted by Gasteiger charge is -2.01. The molecule has 3 aromatic rings. The molecule has 0 unspecified atom stereocenters. The minimum Gasteiger partial charge on any atom is -0.361 e. The lowest BCUT2D eigenvalue weighted by Crippen LogP contribution is -2.05. The molecule has 7 heteroatoms. The smallest absolute Gasteiger partial charge is 0.205 e. The number of aryl methyl sites for hydroxylation is 2. The summed E-state index contributed by atoms with van der Waals surface area (Å²) in [5.41, 5.74) is 3.08. The molecule has 0 spiro atoms. The zero-order valence-corrected chi connectivity index (χ0v) is 13.8. The summed E-state index contributed by atoms with van der Waals surface area (Å²) in [6.45, 7) is 4.60. The summed E-state index contributed by atoms with van der Waals surface area (Å²) in [6.07, 6.45) is 1.48. The Bertz CT molecular complexity index is 762. The average Bonchev–Trinajstić information content (AvgIpc) is 3.11. The van der Waals surface area contributed by atoms with E-state index in [1.165, 1.54) is 23.5 Å². The first kappa shape index (κ1) is 15.6. The number of aromatic nitrogens is 3.